The van der Waals surface area contributed by atoms with E-state index in [1.54, 1.807) is 37.5 Å². The Hall–Kier alpha value is -2.96. The molecule has 0 aliphatic carbocycles. The molecule has 0 heterocycles. The van der Waals surface area contributed by atoms with Crippen LogP contribution in [0.2, 0.25) is 0 Å². The molecule has 0 unspecified atom stereocenters. The summed E-state index contributed by atoms with van der Waals surface area (Å²) in [4.78, 5) is 11.7. The fourth-order valence-corrected chi connectivity index (χ4v) is 1.87. The number of halogens is 3. The van der Waals surface area contributed by atoms with E-state index < -0.39 is 17.8 Å². The summed E-state index contributed by atoms with van der Waals surface area (Å²) in [6.07, 6.45) is -1.42. The van der Waals surface area contributed by atoms with Crippen LogP contribution in [-0.2, 0) is 6.18 Å². The molecule has 0 aromatic heterocycles. The molecule has 0 fully saturated rings. The lowest BCUT2D eigenvalue weighted by molar-refractivity contribution is -0.137. The number of methoxy groups -OCH3 is 1. The number of hydrogen-bond acceptors (Lipinski definition) is 2. The van der Waals surface area contributed by atoms with Crippen molar-refractivity contribution in [2.45, 2.75) is 6.18 Å². The summed E-state index contributed by atoms with van der Waals surface area (Å²) < 4.78 is 42.8. The molecule has 24 heavy (non-hydrogen) atoms. The first kappa shape index (κ1) is 17.4. The maximum absolute atomic E-state index is 12.6. The number of urea groups is 1. The zero-order valence-electron chi connectivity index (χ0n) is 12.7. The minimum Gasteiger partial charge on any atom is -0.497 e. The lowest BCUT2D eigenvalue weighted by Gasteiger charge is -2.09. The standard InChI is InChI=1S/C17H15F3N2O2/c1-24-15-7-5-12(6-8-15)9-10-21-16(23)22-14-4-2-3-13(11-14)17(18,19)20/h2-11H,1H3,(H2,21,22,23)/b10-9+. The van der Waals surface area contributed by atoms with Crippen molar-refractivity contribution < 1.29 is 22.7 Å². The van der Waals surface area contributed by atoms with Gasteiger partial charge in [0.15, 0.2) is 0 Å². The molecule has 126 valence electrons. The van der Waals surface area contributed by atoms with Crippen molar-refractivity contribution in [2.75, 3.05) is 12.4 Å². The highest BCUT2D eigenvalue weighted by Crippen LogP contribution is 2.30. The minimum atomic E-state index is -4.46. The average Bonchev–Trinajstić information content (AvgIpc) is 2.55. The second kappa shape index (κ2) is 7.54. The maximum atomic E-state index is 12.6. The van der Waals surface area contributed by atoms with Gasteiger partial charge in [0.25, 0.3) is 0 Å². The molecular formula is C17H15F3N2O2. The van der Waals surface area contributed by atoms with Crippen molar-refractivity contribution in [3.05, 3.63) is 65.9 Å². The monoisotopic (exact) mass is 336 g/mol. The summed E-state index contributed by atoms with van der Waals surface area (Å²) in [5, 5.41) is 4.76. The van der Waals surface area contributed by atoms with E-state index in [0.29, 0.717) is 5.75 Å². The number of benzene rings is 2. The lowest BCUT2D eigenvalue weighted by atomic mass is 10.2. The first-order chi connectivity index (χ1) is 11.4. The Morgan fingerprint density at radius 1 is 1.12 bits per heavy atom. The van der Waals surface area contributed by atoms with Crippen LogP contribution in [0.3, 0.4) is 0 Å². The van der Waals surface area contributed by atoms with Gasteiger partial charge in [-0.1, -0.05) is 18.2 Å². The van der Waals surface area contributed by atoms with Crippen LogP contribution in [0.1, 0.15) is 11.1 Å². The molecular weight excluding hydrogens is 321 g/mol. The van der Waals surface area contributed by atoms with Gasteiger partial charge in [0.05, 0.1) is 12.7 Å². The van der Waals surface area contributed by atoms with Crippen LogP contribution in [0.15, 0.2) is 54.7 Å². The fourth-order valence-electron chi connectivity index (χ4n) is 1.87. The molecule has 0 saturated carbocycles. The van der Waals surface area contributed by atoms with E-state index in [2.05, 4.69) is 10.6 Å². The first-order valence-corrected chi connectivity index (χ1v) is 6.94. The van der Waals surface area contributed by atoms with Gasteiger partial charge in [0.2, 0.25) is 0 Å². The number of anilines is 1. The number of alkyl halides is 3. The molecule has 2 N–H and O–H groups in total. The lowest BCUT2D eigenvalue weighted by Crippen LogP contribution is -2.23. The molecule has 2 amide bonds. The molecule has 2 rings (SSSR count). The van der Waals surface area contributed by atoms with E-state index >= 15 is 0 Å². The molecule has 0 radical (unpaired) electrons. The summed E-state index contributed by atoms with van der Waals surface area (Å²) in [7, 11) is 1.56. The van der Waals surface area contributed by atoms with Crippen LogP contribution in [0.25, 0.3) is 6.08 Å². The van der Waals surface area contributed by atoms with Crippen molar-refractivity contribution in [1.29, 1.82) is 0 Å². The normalized spacial score (nSPS) is 11.3. The SMILES string of the molecule is COc1ccc(/C=C/NC(=O)Nc2cccc(C(F)(F)F)c2)cc1. The van der Waals surface area contributed by atoms with Gasteiger partial charge in [-0.2, -0.15) is 13.2 Å². The summed E-state index contributed by atoms with van der Waals surface area (Å²) in [5.74, 6) is 0.711. The van der Waals surface area contributed by atoms with Crippen LogP contribution in [0.4, 0.5) is 23.7 Å². The summed E-state index contributed by atoms with van der Waals surface area (Å²) in [6.45, 7) is 0. The molecule has 0 bridgehead atoms. The minimum absolute atomic E-state index is 0.0557. The number of rotatable bonds is 4. The Morgan fingerprint density at radius 3 is 2.46 bits per heavy atom. The van der Waals surface area contributed by atoms with E-state index in [4.69, 9.17) is 4.74 Å². The summed E-state index contributed by atoms with van der Waals surface area (Å²) >= 11 is 0. The number of ether oxygens (including phenoxy) is 1. The van der Waals surface area contributed by atoms with Gasteiger partial charge < -0.3 is 15.4 Å². The Bertz CT molecular complexity index is 725. The molecule has 2 aromatic carbocycles. The largest absolute Gasteiger partial charge is 0.497 e. The quantitative estimate of drug-likeness (QED) is 0.863. The van der Waals surface area contributed by atoms with Gasteiger partial charge in [-0.25, -0.2) is 4.79 Å². The molecule has 2 aromatic rings. The van der Waals surface area contributed by atoms with Crippen LogP contribution in [0.5, 0.6) is 5.75 Å². The highest BCUT2D eigenvalue weighted by molar-refractivity contribution is 5.90. The fraction of sp³-hybridized carbons (Fsp3) is 0.118. The Kier molecular flexibility index (Phi) is 5.47. The maximum Gasteiger partial charge on any atom is 0.416 e. The van der Waals surface area contributed by atoms with Gasteiger partial charge >= 0.3 is 12.2 Å². The van der Waals surface area contributed by atoms with Crippen molar-refractivity contribution >= 4 is 17.8 Å². The van der Waals surface area contributed by atoms with Crippen LogP contribution >= 0.6 is 0 Å². The zero-order chi connectivity index (χ0) is 17.6. The molecule has 0 aliphatic heterocycles. The van der Waals surface area contributed by atoms with Crippen molar-refractivity contribution in [1.82, 2.24) is 5.32 Å². The number of nitrogens with one attached hydrogen (secondary N) is 2. The van der Waals surface area contributed by atoms with Crippen LogP contribution < -0.4 is 15.4 Å². The van der Waals surface area contributed by atoms with Crippen molar-refractivity contribution in [3.63, 3.8) is 0 Å². The van der Waals surface area contributed by atoms with Gasteiger partial charge in [0.1, 0.15) is 5.75 Å². The van der Waals surface area contributed by atoms with Gasteiger partial charge in [-0.3, -0.25) is 0 Å². The van der Waals surface area contributed by atoms with E-state index in [0.717, 1.165) is 17.7 Å². The molecule has 0 saturated heterocycles. The highest BCUT2D eigenvalue weighted by Gasteiger charge is 2.30. The van der Waals surface area contributed by atoms with E-state index in [-0.39, 0.29) is 5.69 Å². The number of carbonyl (C=O) groups is 1. The number of carbonyl (C=O) groups excluding carboxylic acids is 1. The smallest absolute Gasteiger partial charge is 0.416 e. The van der Waals surface area contributed by atoms with Gasteiger partial charge in [-0.15, -0.1) is 0 Å². The molecule has 0 aliphatic rings. The molecule has 0 spiro atoms. The van der Waals surface area contributed by atoms with Gasteiger partial charge in [-0.05, 0) is 42.0 Å². The highest BCUT2D eigenvalue weighted by atomic mass is 19.4. The van der Waals surface area contributed by atoms with Crippen LogP contribution in [-0.4, -0.2) is 13.1 Å². The van der Waals surface area contributed by atoms with Crippen molar-refractivity contribution in [3.8, 4) is 5.75 Å². The van der Waals surface area contributed by atoms with E-state index in [9.17, 15) is 18.0 Å². The van der Waals surface area contributed by atoms with E-state index in [1.165, 1.54) is 18.3 Å². The molecule has 7 heteroatoms. The number of amides is 2. The molecule has 4 nitrogen and oxygen atoms in total. The summed E-state index contributed by atoms with van der Waals surface area (Å²) in [6, 6.07) is 10.9. The average molecular weight is 336 g/mol. The van der Waals surface area contributed by atoms with Gasteiger partial charge in [0, 0.05) is 11.9 Å². The second-order valence-corrected chi connectivity index (χ2v) is 4.78. The molecule has 0 atom stereocenters. The Labute approximate surface area is 136 Å². The third-order valence-corrected chi connectivity index (χ3v) is 3.05. The topological polar surface area (TPSA) is 50.4 Å². The predicted molar refractivity (Wildman–Crippen MR) is 85.6 cm³/mol. The zero-order valence-corrected chi connectivity index (χ0v) is 12.7. The van der Waals surface area contributed by atoms with E-state index in [1.807, 2.05) is 0 Å². The Morgan fingerprint density at radius 2 is 1.83 bits per heavy atom. The van der Waals surface area contributed by atoms with Crippen LogP contribution in [0, 0.1) is 0 Å². The Balaban J connectivity index is 1.92. The summed E-state index contributed by atoms with van der Waals surface area (Å²) in [5.41, 5.74) is 0.0596. The third-order valence-electron chi connectivity index (χ3n) is 3.05. The number of hydrogen-bond donors (Lipinski definition) is 2. The first-order valence-electron chi connectivity index (χ1n) is 6.94. The third kappa shape index (κ3) is 5.05. The van der Waals surface area contributed by atoms with Crippen molar-refractivity contribution in [2.24, 2.45) is 0 Å². The second-order valence-electron chi connectivity index (χ2n) is 4.78. The predicted octanol–water partition coefficient (Wildman–Crippen LogP) is 4.51.